The van der Waals surface area contributed by atoms with Crippen LogP contribution >= 0.6 is 0 Å². The van der Waals surface area contributed by atoms with Gasteiger partial charge in [-0.25, -0.2) is 0 Å². The molecule has 0 atom stereocenters. The maximum absolute atomic E-state index is 8.89. The van der Waals surface area contributed by atoms with Crippen LogP contribution in [-0.4, -0.2) is 6.61 Å². The molecule has 98 valence electrons. The van der Waals surface area contributed by atoms with Crippen molar-refractivity contribution in [2.24, 2.45) is 5.41 Å². The first kappa shape index (κ1) is 14.4. The summed E-state index contributed by atoms with van der Waals surface area (Å²) in [6.45, 7) is 6.58. The zero-order valence-corrected chi connectivity index (χ0v) is 11.5. The summed E-state index contributed by atoms with van der Waals surface area (Å²) in [7, 11) is 0. The number of anilines is 1. The average Bonchev–Trinajstić information content (AvgIpc) is 2.33. The van der Waals surface area contributed by atoms with Gasteiger partial charge in [-0.3, -0.25) is 0 Å². The summed E-state index contributed by atoms with van der Waals surface area (Å²) < 4.78 is 5.63. The number of hydrogen-bond donors (Lipinski definition) is 1. The SMILES string of the molecule is Cc1ccc(OCCCCC(C)(C)C#N)cc1N. The molecule has 0 amide bonds. The fraction of sp³-hybridized carbons (Fsp3) is 0.533. The summed E-state index contributed by atoms with van der Waals surface area (Å²) in [6, 6.07) is 8.06. The lowest BCUT2D eigenvalue weighted by atomic mass is 9.89. The van der Waals surface area contributed by atoms with Gasteiger partial charge in [0.15, 0.2) is 0 Å². The zero-order valence-electron chi connectivity index (χ0n) is 11.5. The number of unbranched alkanes of at least 4 members (excludes halogenated alkanes) is 1. The molecule has 0 spiro atoms. The van der Waals surface area contributed by atoms with Gasteiger partial charge >= 0.3 is 0 Å². The van der Waals surface area contributed by atoms with Gasteiger partial charge in [-0.15, -0.1) is 0 Å². The van der Waals surface area contributed by atoms with Crippen molar-refractivity contribution in [2.45, 2.75) is 40.0 Å². The third kappa shape index (κ3) is 4.67. The van der Waals surface area contributed by atoms with E-state index in [1.165, 1.54) is 0 Å². The van der Waals surface area contributed by atoms with Crippen LogP contribution in [0.3, 0.4) is 0 Å². The molecule has 0 radical (unpaired) electrons. The highest BCUT2D eigenvalue weighted by atomic mass is 16.5. The predicted octanol–water partition coefficient (Wildman–Crippen LogP) is 3.68. The lowest BCUT2D eigenvalue weighted by Crippen LogP contribution is -2.08. The van der Waals surface area contributed by atoms with Crippen molar-refractivity contribution in [1.82, 2.24) is 0 Å². The summed E-state index contributed by atoms with van der Waals surface area (Å²) in [5, 5.41) is 8.89. The third-order valence-electron chi connectivity index (χ3n) is 3.02. The molecule has 0 heterocycles. The van der Waals surface area contributed by atoms with Crippen LogP contribution in [0.1, 0.15) is 38.7 Å². The normalized spacial score (nSPS) is 11.0. The molecular weight excluding hydrogens is 224 g/mol. The van der Waals surface area contributed by atoms with Crippen molar-refractivity contribution < 1.29 is 4.74 Å². The van der Waals surface area contributed by atoms with Crippen LogP contribution in [-0.2, 0) is 0 Å². The molecule has 0 bridgehead atoms. The van der Waals surface area contributed by atoms with E-state index < -0.39 is 0 Å². The van der Waals surface area contributed by atoms with Gasteiger partial charge in [0.25, 0.3) is 0 Å². The molecule has 0 unspecified atom stereocenters. The second-order valence-electron chi connectivity index (χ2n) is 5.32. The fourth-order valence-corrected chi connectivity index (χ4v) is 1.62. The lowest BCUT2D eigenvalue weighted by Gasteiger charge is -2.14. The Hall–Kier alpha value is -1.69. The molecule has 0 saturated heterocycles. The van der Waals surface area contributed by atoms with Crippen molar-refractivity contribution in [1.29, 1.82) is 5.26 Å². The first-order chi connectivity index (χ1) is 8.44. The first-order valence-electron chi connectivity index (χ1n) is 6.35. The second-order valence-corrected chi connectivity index (χ2v) is 5.32. The molecule has 0 aliphatic rings. The lowest BCUT2D eigenvalue weighted by molar-refractivity contribution is 0.295. The van der Waals surface area contributed by atoms with Gasteiger partial charge in [-0.05, 0) is 51.7 Å². The van der Waals surface area contributed by atoms with Gasteiger partial charge < -0.3 is 10.5 Å². The smallest absolute Gasteiger partial charge is 0.121 e. The van der Waals surface area contributed by atoms with Crippen molar-refractivity contribution in [2.75, 3.05) is 12.3 Å². The molecule has 0 aliphatic carbocycles. The van der Waals surface area contributed by atoms with E-state index in [9.17, 15) is 0 Å². The Morgan fingerprint density at radius 1 is 1.33 bits per heavy atom. The summed E-state index contributed by atoms with van der Waals surface area (Å²) in [4.78, 5) is 0. The molecule has 0 saturated carbocycles. The number of aryl methyl sites for hydroxylation is 1. The molecule has 1 aromatic rings. The van der Waals surface area contributed by atoms with Crippen molar-refractivity contribution in [3.63, 3.8) is 0 Å². The van der Waals surface area contributed by atoms with E-state index in [2.05, 4.69) is 6.07 Å². The van der Waals surface area contributed by atoms with E-state index in [-0.39, 0.29) is 5.41 Å². The minimum absolute atomic E-state index is 0.228. The number of nitrogens with two attached hydrogens (primary N) is 1. The number of ether oxygens (including phenoxy) is 1. The Bertz CT molecular complexity index is 433. The molecule has 2 N–H and O–H groups in total. The zero-order chi connectivity index (χ0) is 13.6. The molecule has 0 aromatic heterocycles. The number of rotatable bonds is 6. The molecule has 0 aliphatic heterocycles. The van der Waals surface area contributed by atoms with Crippen molar-refractivity contribution >= 4 is 5.69 Å². The summed E-state index contributed by atoms with van der Waals surface area (Å²) in [5.74, 6) is 0.817. The third-order valence-corrected chi connectivity index (χ3v) is 3.02. The Labute approximate surface area is 110 Å². The largest absolute Gasteiger partial charge is 0.494 e. The van der Waals surface area contributed by atoms with Crippen LogP contribution < -0.4 is 10.5 Å². The van der Waals surface area contributed by atoms with Crippen LogP contribution in [0.5, 0.6) is 5.75 Å². The van der Waals surface area contributed by atoms with Gasteiger partial charge in [-0.2, -0.15) is 5.26 Å². The van der Waals surface area contributed by atoms with Gasteiger partial charge in [0.1, 0.15) is 5.75 Å². The number of nitrogens with zero attached hydrogens (tertiary/aromatic N) is 1. The average molecular weight is 246 g/mol. The predicted molar refractivity (Wildman–Crippen MR) is 74.3 cm³/mol. The Morgan fingerprint density at radius 2 is 2.06 bits per heavy atom. The quantitative estimate of drug-likeness (QED) is 0.615. The molecule has 3 heteroatoms. The van der Waals surface area contributed by atoms with Gasteiger partial charge in [0.05, 0.1) is 18.1 Å². The molecule has 18 heavy (non-hydrogen) atoms. The number of hydrogen-bond acceptors (Lipinski definition) is 3. The maximum atomic E-state index is 8.89. The molecule has 1 rings (SSSR count). The maximum Gasteiger partial charge on any atom is 0.121 e. The second kappa shape index (κ2) is 6.30. The molecule has 3 nitrogen and oxygen atoms in total. The first-order valence-corrected chi connectivity index (χ1v) is 6.35. The van der Waals surface area contributed by atoms with Crippen LogP contribution in [0, 0.1) is 23.7 Å². The van der Waals surface area contributed by atoms with E-state index >= 15 is 0 Å². The topological polar surface area (TPSA) is 59.0 Å². The van der Waals surface area contributed by atoms with Crippen LogP contribution in [0.25, 0.3) is 0 Å². The highest BCUT2D eigenvalue weighted by Gasteiger charge is 2.15. The van der Waals surface area contributed by atoms with E-state index in [4.69, 9.17) is 15.7 Å². The Kier molecular flexibility index (Phi) is 5.03. The minimum Gasteiger partial charge on any atom is -0.494 e. The number of benzene rings is 1. The van der Waals surface area contributed by atoms with Crippen molar-refractivity contribution in [3.8, 4) is 11.8 Å². The Morgan fingerprint density at radius 3 is 2.67 bits per heavy atom. The highest BCUT2D eigenvalue weighted by Crippen LogP contribution is 2.22. The van der Waals surface area contributed by atoms with Crippen molar-refractivity contribution in [3.05, 3.63) is 23.8 Å². The van der Waals surface area contributed by atoms with Gasteiger partial charge in [0.2, 0.25) is 0 Å². The number of nitriles is 1. The highest BCUT2D eigenvalue weighted by molar-refractivity contribution is 5.50. The fourth-order valence-electron chi connectivity index (χ4n) is 1.62. The molecule has 1 aromatic carbocycles. The summed E-state index contributed by atoms with van der Waals surface area (Å²) in [6.07, 6.45) is 2.86. The van der Waals surface area contributed by atoms with Crippen LogP contribution in [0.4, 0.5) is 5.69 Å². The van der Waals surface area contributed by atoms with Gasteiger partial charge in [0, 0.05) is 11.8 Å². The standard InChI is InChI=1S/C15H22N2O/c1-12-6-7-13(10-14(12)17)18-9-5-4-8-15(2,3)11-16/h6-7,10H,4-5,8-9,17H2,1-3H3. The monoisotopic (exact) mass is 246 g/mol. The molecular formula is C15H22N2O. The van der Waals surface area contributed by atoms with E-state index in [1.54, 1.807) is 0 Å². The van der Waals surface area contributed by atoms with Gasteiger partial charge in [-0.1, -0.05) is 6.07 Å². The summed E-state index contributed by atoms with van der Waals surface area (Å²) >= 11 is 0. The Balaban J connectivity index is 2.26. The molecule has 0 fully saturated rings. The van der Waals surface area contributed by atoms with Crippen LogP contribution in [0.15, 0.2) is 18.2 Å². The van der Waals surface area contributed by atoms with E-state index in [0.717, 1.165) is 36.3 Å². The number of nitrogen functional groups attached to an aromatic ring is 1. The minimum atomic E-state index is -0.228. The van der Waals surface area contributed by atoms with Crippen LogP contribution in [0.2, 0.25) is 0 Å². The summed E-state index contributed by atoms with van der Waals surface area (Å²) in [5.41, 5.74) is 7.41. The van der Waals surface area contributed by atoms with E-state index in [1.807, 2.05) is 39.0 Å². The van der Waals surface area contributed by atoms with E-state index in [0.29, 0.717) is 6.61 Å².